The second kappa shape index (κ2) is 7.92. The average molecular weight is 465 g/mol. The number of thiocarbonyl (C=S) groups is 1. The minimum atomic E-state index is -0.179. The van der Waals surface area contributed by atoms with E-state index in [-0.39, 0.29) is 11.7 Å². The second-order valence-electron chi connectivity index (χ2n) is 5.97. The molecule has 1 heterocycles. The number of aromatic hydroxyl groups is 1. The number of anilines is 2. The van der Waals surface area contributed by atoms with Crippen molar-refractivity contribution in [2.75, 3.05) is 31.0 Å². The zero-order chi connectivity index (χ0) is 19.7. The molecule has 8 heteroatoms. The first-order chi connectivity index (χ1) is 12.8. The van der Waals surface area contributed by atoms with Crippen molar-refractivity contribution in [3.05, 3.63) is 51.3 Å². The summed E-state index contributed by atoms with van der Waals surface area (Å²) in [4.78, 5) is 16.9. The number of benzene rings is 2. The number of carbonyl (C=O) groups is 1. The predicted octanol–water partition coefficient (Wildman–Crippen LogP) is 4.64. The smallest absolute Gasteiger partial charge is 0.270 e. The van der Waals surface area contributed by atoms with Crippen molar-refractivity contribution < 1.29 is 14.6 Å². The Bertz CT molecular complexity index is 943. The molecular weight excluding hydrogens is 448 g/mol. The summed E-state index contributed by atoms with van der Waals surface area (Å²) < 4.78 is 6.27. The fraction of sp³-hybridized carbons (Fsp3) is 0.158. The summed E-state index contributed by atoms with van der Waals surface area (Å²) in [5, 5.41) is 9.84. The lowest BCUT2D eigenvalue weighted by Gasteiger charge is -2.17. The van der Waals surface area contributed by atoms with Crippen LogP contribution >= 0.6 is 39.9 Å². The Kier molecular flexibility index (Phi) is 5.78. The van der Waals surface area contributed by atoms with Gasteiger partial charge in [0.25, 0.3) is 5.91 Å². The summed E-state index contributed by atoms with van der Waals surface area (Å²) in [5.74, 6) is 0.177. The Hall–Kier alpha value is -2.03. The maximum Gasteiger partial charge on any atom is 0.270 e. The first kappa shape index (κ1) is 19.7. The van der Waals surface area contributed by atoms with E-state index in [1.54, 1.807) is 12.1 Å². The Morgan fingerprint density at radius 2 is 1.93 bits per heavy atom. The van der Waals surface area contributed by atoms with Gasteiger partial charge < -0.3 is 14.7 Å². The Balaban J connectivity index is 1.93. The molecule has 1 fully saturated rings. The van der Waals surface area contributed by atoms with Gasteiger partial charge in [0.1, 0.15) is 0 Å². The van der Waals surface area contributed by atoms with Gasteiger partial charge in [-0.05, 0) is 48.0 Å². The fourth-order valence-corrected chi connectivity index (χ4v) is 4.30. The third-order valence-electron chi connectivity index (χ3n) is 4.00. The quantitative estimate of drug-likeness (QED) is 0.525. The van der Waals surface area contributed by atoms with Gasteiger partial charge >= 0.3 is 0 Å². The standard InChI is InChI=1S/C19H17BrN2O3S2/c1-21(2)12-4-6-13(7-5-12)22-18(24)17(27-19(22)26)9-11-8-16(25-3)15(23)10-14(11)20/h4-10,23H,1-3H3. The van der Waals surface area contributed by atoms with Crippen LogP contribution in [0, 0.1) is 0 Å². The van der Waals surface area contributed by atoms with E-state index < -0.39 is 0 Å². The van der Waals surface area contributed by atoms with Crippen molar-refractivity contribution in [3.63, 3.8) is 0 Å². The molecule has 1 N–H and O–H groups in total. The topological polar surface area (TPSA) is 53.0 Å². The SMILES string of the molecule is COc1cc(C=C2SC(=S)N(c3ccc(N(C)C)cc3)C2=O)c(Br)cc1O. The van der Waals surface area contributed by atoms with E-state index in [4.69, 9.17) is 17.0 Å². The first-order valence-electron chi connectivity index (χ1n) is 7.93. The summed E-state index contributed by atoms with van der Waals surface area (Å²) in [6.45, 7) is 0. The molecule has 2 aromatic carbocycles. The molecule has 27 heavy (non-hydrogen) atoms. The molecule has 1 aliphatic rings. The van der Waals surface area contributed by atoms with E-state index in [9.17, 15) is 9.90 Å². The van der Waals surface area contributed by atoms with Gasteiger partial charge in [-0.1, -0.05) is 39.9 Å². The van der Waals surface area contributed by atoms with E-state index in [0.29, 0.717) is 25.0 Å². The summed E-state index contributed by atoms with van der Waals surface area (Å²) in [6, 6.07) is 10.8. The minimum absolute atomic E-state index is 0.0232. The molecule has 0 aliphatic carbocycles. The molecular formula is C19H17BrN2O3S2. The van der Waals surface area contributed by atoms with Crippen LogP contribution in [0.1, 0.15) is 5.56 Å². The normalized spacial score (nSPS) is 15.6. The summed E-state index contributed by atoms with van der Waals surface area (Å²) in [6.07, 6.45) is 1.74. The van der Waals surface area contributed by atoms with E-state index in [1.165, 1.54) is 29.8 Å². The number of nitrogens with zero attached hydrogens (tertiary/aromatic N) is 2. The number of carbonyl (C=O) groups excluding carboxylic acids is 1. The van der Waals surface area contributed by atoms with Gasteiger partial charge in [0.2, 0.25) is 0 Å². The first-order valence-corrected chi connectivity index (χ1v) is 9.95. The molecule has 2 aromatic rings. The Morgan fingerprint density at radius 3 is 2.52 bits per heavy atom. The van der Waals surface area contributed by atoms with E-state index in [2.05, 4.69) is 15.9 Å². The summed E-state index contributed by atoms with van der Waals surface area (Å²) in [5.41, 5.74) is 2.49. The van der Waals surface area contributed by atoms with Gasteiger partial charge in [-0.2, -0.15) is 0 Å². The van der Waals surface area contributed by atoms with Crippen LogP contribution in [0.5, 0.6) is 11.5 Å². The molecule has 0 saturated carbocycles. The van der Waals surface area contributed by atoms with Crippen molar-refractivity contribution in [1.29, 1.82) is 0 Å². The van der Waals surface area contributed by atoms with Gasteiger partial charge in [-0.25, -0.2) is 0 Å². The van der Waals surface area contributed by atoms with Crippen molar-refractivity contribution >= 4 is 67.6 Å². The van der Waals surface area contributed by atoms with Gasteiger partial charge in [-0.15, -0.1) is 0 Å². The molecule has 140 valence electrons. The maximum absolute atomic E-state index is 12.9. The number of rotatable bonds is 4. The molecule has 3 rings (SSSR count). The molecule has 1 saturated heterocycles. The van der Waals surface area contributed by atoms with Gasteiger partial charge in [-0.3, -0.25) is 9.69 Å². The number of thioether (sulfide) groups is 1. The zero-order valence-electron chi connectivity index (χ0n) is 14.9. The Morgan fingerprint density at radius 1 is 1.26 bits per heavy atom. The average Bonchev–Trinajstić information content (AvgIpc) is 2.91. The van der Waals surface area contributed by atoms with Crippen LogP contribution in [-0.4, -0.2) is 36.5 Å². The molecule has 5 nitrogen and oxygen atoms in total. The summed E-state index contributed by atoms with van der Waals surface area (Å²) >= 11 is 10.1. The number of hydrogen-bond donors (Lipinski definition) is 1. The molecule has 0 atom stereocenters. The van der Waals surface area contributed by atoms with Gasteiger partial charge in [0, 0.05) is 24.3 Å². The van der Waals surface area contributed by atoms with Gasteiger partial charge in [0.05, 0.1) is 17.7 Å². The van der Waals surface area contributed by atoms with Crippen molar-refractivity contribution in [3.8, 4) is 11.5 Å². The lowest BCUT2D eigenvalue weighted by molar-refractivity contribution is -0.113. The molecule has 0 bridgehead atoms. The van der Waals surface area contributed by atoms with Crippen LogP contribution in [0.15, 0.2) is 45.8 Å². The van der Waals surface area contributed by atoms with Crippen LogP contribution in [0.2, 0.25) is 0 Å². The number of amides is 1. The van der Waals surface area contributed by atoms with Crippen LogP contribution in [-0.2, 0) is 4.79 Å². The number of halogens is 1. The van der Waals surface area contributed by atoms with Crippen LogP contribution in [0.25, 0.3) is 6.08 Å². The lowest BCUT2D eigenvalue weighted by Crippen LogP contribution is -2.27. The third-order valence-corrected chi connectivity index (χ3v) is 5.99. The van der Waals surface area contributed by atoms with E-state index in [1.807, 2.05) is 43.3 Å². The Labute approximate surface area is 175 Å². The number of hydrogen-bond acceptors (Lipinski definition) is 6. The summed E-state index contributed by atoms with van der Waals surface area (Å²) in [7, 11) is 5.39. The van der Waals surface area contributed by atoms with Crippen LogP contribution in [0.3, 0.4) is 0 Å². The monoisotopic (exact) mass is 464 g/mol. The lowest BCUT2D eigenvalue weighted by atomic mass is 10.1. The van der Waals surface area contributed by atoms with Crippen molar-refractivity contribution in [2.45, 2.75) is 0 Å². The highest BCUT2D eigenvalue weighted by atomic mass is 79.9. The number of ether oxygens (including phenoxy) is 1. The predicted molar refractivity (Wildman–Crippen MR) is 119 cm³/mol. The zero-order valence-corrected chi connectivity index (χ0v) is 18.1. The van der Waals surface area contributed by atoms with E-state index >= 15 is 0 Å². The second-order valence-corrected chi connectivity index (χ2v) is 8.50. The van der Waals surface area contributed by atoms with Crippen LogP contribution < -0.4 is 14.5 Å². The highest BCUT2D eigenvalue weighted by Gasteiger charge is 2.33. The maximum atomic E-state index is 12.9. The molecule has 1 amide bonds. The highest BCUT2D eigenvalue weighted by Crippen LogP contribution is 2.39. The molecule has 0 aromatic heterocycles. The molecule has 1 aliphatic heterocycles. The minimum Gasteiger partial charge on any atom is -0.504 e. The number of methoxy groups -OCH3 is 1. The number of phenolic OH excluding ortho intramolecular Hbond substituents is 1. The highest BCUT2D eigenvalue weighted by molar-refractivity contribution is 9.10. The molecule has 0 unspecified atom stereocenters. The van der Waals surface area contributed by atoms with Gasteiger partial charge in [0.15, 0.2) is 15.8 Å². The van der Waals surface area contributed by atoms with Crippen molar-refractivity contribution in [2.24, 2.45) is 0 Å². The third kappa shape index (κ3) is 3.97. The molecule has 0 spiro atoms. The largest absolute Gasteiger partial charge is 0.504 e. The fourth-order valence-electron chi connectivity index (χ4n) is 2.56. The van der Waals surface area contributed by atoms with E-state index in [0.717, 1.165) is 11.4 Å². The van der Waals surface area contributed by atoms with Crippen molar-refractivity contribution in [1.82, 2.24) is 0 Å². The molecule has 0 radical (unpaired) electrons. The number of phenols is 1. The van der Waals surface area contributed by atoms with Crippen LogP contribution in [0.4, 0.5) is 11.4 Å².